The largest absolute Gasteiger partial charge is 0.389 e. The van der Waals surface area contributed by atoms with Gasteiger partial charge in [-0.1, -0.05) is 0 Å². The third-order valence-corrected chi connectivity index (χ3v) is 2.78. The molecule has 1 unspecified atom stereocenters. The lowest BCUT2D eigenvalue weighted by Gasteiger charge is -2.32. The van der Waals surface area contributed by atoms with Gasteiger partial charge < -0.3 is 15.7 Å². The van der Waals surface area contributed by atoms with E-state index in [2.05, 4.69) is 0 Å². The van der Waals surface area contributed by atoms with Gasteiger partial charge in [0.25, 0.3) is 0 Å². The zero-order chi connectivity index (χ0) is 13.9. The number of nitrogens with two attached hydrogens (primary N) is 1. The van der Waals surface area contributed by atoms with E-state index in [1.54, 1.807) is 19.9 Å². The van der Waals surface area contributed by atoms with Crippen molar-refractivity contribution in [2.45, 2.75) is 39.3 Å². The van der Waals surface area contributed by atoms with Crippen LogP contribution in [0.3, 0.4) is 0 Å². The summed E-state index contributed by atoms with van der Waals surface area (Å²) in [5.41, 5.74) is 6.73. The average molecular weight is 254 g/mol. The first-order chi connectivity index (χ1) is 8.24. The quantitative estimate of drug-likeness (QED) is 0.848. The number of rotatable bonds is 5. The van der Waals surface area contributed by atoms with Gasteiger partial charge in [-0.3, -0.25) is 0 Å². The monoisotopic (exact) mass is 254 g/mol. The lowest BCUT2D eigenvalue weighted by Crippen LogP contribution is -2.39. The Labute approximate surface area is 108 Å². The topological polar surface area (TPSA) is 49.5 Å². The van der Waals surface area contributed by atoms with E-state index < -0.39 is 5.60 Å². The van der Waals surface area contributed by atoms with Gasteiger partial charge in [-0.05, 0) is 51.5 Å². The molecule has 0 radical (unpaired) electrons. The maximum atomic E-state index is 13.3. The zero-order valence-electron chi connectivity index (χ0n) is 11.6. The van der Waals surface area contributed by atoms with Gasteiger partial charge in [-0.25, -0.2) is 4.39 Å². The normalized spacial score (nSPS) is 13.5. The van der Waals surface area contributed by atoms with Crippen molar-refractivity contribution in [1.82, 2.24) is 0 Å². The Morgan fingerprint density at radius 2 is 2.06 bits per heavy atom. The van der Waals surface area contributed by atoms with Gasteiger partial charge in [0.2, 0.25) is 0 Å². The summed E-state index contributed by atoms with van der Waals surface area (Å²) >= 11 is 0. The second-order valence-electron chi connectivity index (χ2n) is 5.32. The lowest BCUT2D eigenvalue weighted by molar-refractivity contribution is 0.0875. The molecule has 1 atom stereocenters. The first-order valence-corrected chi connectivity index (χ1v) is 6.27. The van der Waals surface area contributed by atoms with Gasteiger partial charge in [-0.15, -0.1) is 0 Å². The Morgan fingerprint density at radius 1 is 1.44 bits per heavy atom. The number of benzene rings is 1. The summed E-state index contributed by atoms with van der Waals surface area (Å²) in [5, 5.41) is 9.92. The van der Waals surface area contributed by atoms with Crippen LogP contribution in [0.15, 0.2) is 18.2 Å². The summed E-state index contributed by atoms with van der Waals surface area (Å²) in [7, 11) is 0. The van der Waals surface area contributed by atoms with Gasteiger partial charge in [0.15, 0.2) is 0 Å². The third kappa shape index (κ3) is 3.96. The fourth-order valence-electron chi connectivity index (χ4n) is 2.01. The second-order valence-corrected chi connectivity index (χ2v) is 5.32. The number of hydrogen-bond acceptors (Lipinski definition) is 3. The highest BCUT2D eigenvalue weighted by molar-refractivity contribution is 5.55. The van der Waals surface area contributed by atoms with Crippen LogP contribution in [0, 0.1) is 5.82 Å². The summed E-state index contributed by atoms with van der Waals surface area (Å²) in [6.45, 7) is 8.55. The molecule has 0 spiro atoms. The van der Waals surface area contributed by atoms with E-state index >= 15 is 0 Å². The van der Waals surface area contributed by atoms with Crippen molar-refractivity contribution >= 4 is 5.69 Å². The predicted octanol–water partition coefficient (Wildman–Crippen LogP) is 2.44. The molecule has 0 heterocycles. The van der Waals surface area contributed by atoms with Gasteiger partial charge in [0.1, 0.15) is 5.82 Å². The Morgan fingerprint density at radius 3 is 2.50 bits per heavy atom. The van der Waals surface area contributed by atoms with Gasteiger partial charge in [0.05, 0.1) is 5.60 Å². The number of nitrogens with zero attached hydrogens (tertiary/aromatic N) is 1. The zero-order valence-corrected chi connectivity index (χ0v) is 11.6. The third-order valence-electron chi connectivity index (χ3n) is 2.78. The van der Waals surface area contributed by atoms with Crippen LogP contribution in [-0.4, -0.2) is 23.8 Å². The van der Waals surface area contributed by atoms with Crippen molar-refractivity contribution in [3.8, 4) is 0 Å². The highest BCUT2D eigenvalue weighted by Crippen LogP contribution is 2.27. The SMILES string of the molecule is CCN(CC(C)(C)O)c1ccc(F)cc1C(C)N. The minimum Gasteiger partial charge on any atom is -0.389 e. The fraction of sp³-hybridized carbons (Fsp3) is 0.571. The Kier molecular flexibility index (Phi) is 4.71. The van der Waals surface area contributed by atoms with Crippen molar-refractivity contribution in [3.63, 3.8) is 0 Å². The number of anilines is 1. The Bertz CT molecular complexity index is 399. The van der Waals surface area contributed by atoms with Crippen LogP contribution in [0.25, 0.3) is 0 Å². The van der Waals surface area contributed by atoms with E-state index in [9.17, 15) is 9.50 Å². The molecule has 0 saturated heterocycles. The lowest BCUT2D eigenvalue weighted by atomic mass is 10.0. The highest BCUT2D eigenvalue weighted by atomic mass is 19.1. The molecular weight excluding hydrogens is 231 g/mol. The van der Waals surface area contributed by atoms with Gasteiger partial charge in [0, 0.05) is 24.8 Å². The number of likely N-dealkylation sites (N-methyl/N-ethyl adjacent to an activating group) is 1. The molecule has 0 saturated carbocycles. The molecule has 1 aromatic carbocycles. The van der Waals surface area contributed by atoms with E-state index in [1.165, 1.54) is 12.1 Å². The predicted molar refractivity (Wildman–Crippen MR) is 73.2 cm³/mol. The van der Waals surface area contributed by atoms with Crippen LogP contribution in [-0.2, 0) is 0 Å². The molecule has 18 heavy (non-hydrogen) atoms. The van der Waals surface area contributed by atoms with E-state index in [-0.39, 0.29) is 11.9 Å². The molecular formula is C14H23FN2O. The maximum absolute atomic E-state index is 13.3. The van der Waals surface area contributed by atoms with Crippen molar-refractivity contribution in [2.24, 2.45) is 5.73 Å². The van der Waals surface area contributed by atoms with Crippen molar-refractivity contribution in [1.29, 1.82) is 0 Å². The molecule has 1 rings (SSSR count). The van der Waals surface area contributed by atoms with E-state index in [0.717, 1.165) is 17.8 Å². The number of aliphatic hydroxyl groups is 1. The van der Waals surface area contributed by atoms with E-state index in [4.69, 9.17) is 5.73 Å². The summed E-state index contributed by atoms with van der Waals surface area (Å²) in [4.78, 5) is 2.01. The average Bonchev–Trinajstić information content (AvgIpc) is 2.24. The molecule has 0 fully saturated rings. The highest BCUT2D eigenvalue weighted by Gasteiger charge is 2.20. The van der Waals surface area contributed by atoms with Crippen molar-refractivity contribution in [3.05, 3.63) is 29.6 Å². The molecule has 102 valence electrons. The van der Waals surface area contributed by atoms with Crippen LogP contribution in [0.1, 0.15) is 39.3 Å². The van der Waals surface area contributed by atoms with Crippen LogP contribution in [0.5, 0.6) is 0 Å². The molecule has 0 amide bonds. The molecule has 3 nitrogen and oxygen atoms in total. The molecule has 0 aromatic heterocycles. The summed E-state index contributed by atoms with van der Waals surface area (Å²) in [6, 6.07) is 4.37. The molecule has 1 aromatic rings. The van der Waals surface area contributed by atoms with Crippen LogP contribution >= 0.6 is 0 Å². The minimum absolute atomic E-state index is 0.244. The smallest absolute Gasteiger partial charge is 0.123 e. The maximum Gasteiger partial charge on any atom is 0.123 e. The van der Waals surface area contributed by atoms with Crippen LogP contribution < -0.4 is 10.6 Å². The number of hydrogen-bond donors (Lipinski definition) is 2. The Balaban J connectivity index is 3.12. The minimum atomic E-state index is -0.806. The van der Waals surface area contributed by atoms with Crippen LogP contribution in [0.4, 0.5) is 10.1 Å². The van der Waals surface area contributed by atoms with Gasteiger partial charge in [-0.2, -0.15) is 0 Å². The summed E-state index contributed by atoms with van der Waals surface area (Å²) in [5.74, 6) is -0.287. The summed E-state index contributed by atoms with van der Waals surface area (Å²) in [6.07, 6.45) is 0. The van der Waals surface area contributed by atoms with Crippen molar-refractivity contribution in [2.75, 3.05) is 18.0 Å². The number of halogens is 1. The van der Waals surface area contributed by atoms with Crippen LogP contribution in [0.2, 0.25) is 0 Å². The van der Waals surface area contributed by atoms with E-state index in [0.29, 0.717) is 6.54 Å². The first-order valence-electron chi connectivity index (χ1n) is 6.27. The molecule has 0 aliphatic heterocycles. The van der Waals surface area contributed by atoms with E-state index in [1.807, 2.05) is 18.7 Å². The standard InChI is InChI=1S/C14H23FN2O/c1-5-17(9-14(3,4)18)13-7-6-11(15)8-12(13)10(2)16/h6-8,10,18H,5,9,16H2,1-4H3. The molecule has 0 aliphatic rings. The molecule has 0 bridgehead atoms. The summed E-state index contributed by atoms with van der Waals surface area (Å²) < 4.78 is 13.3. The molecule has 4 heteroatoms. The van der Waals surface area contributed by atoms with Crippen molar-refractivity contribution < 1.29 is 9.50 Å². The fourth-order valence-corrected chi connectivity index (χ4v) is 2.01. The molecule has 3 N–H and O–H groups in total. The van der Waals surface area contributed by atoms with Gasteiger partial charge >= 0.3 is 0 Å². The Hall–Kier alpha value is -1.13. The second kappa shape index (κ2) is 5.67. The molecule has 0 aliphatic carbocycles. The first kappa shape index (κ1) is 14.9.